The molecule has 0 aliphatic heterocycles. The highest BCUT2D eigenvalue weighted by Gasteiger charge is 2.11. The first-order valence-corrected chi connectivity index (χ1v) is 7.49. The van der Waals surface area contributed by atoms with E-state index in [0.717, 1.165) is 9.81 Å². The third kappa shape index (κ3) is 5.55. The Labute approximate surface area is 137 Å². The maximum absolute atomic E-state index is 8.60. The molecule has 0 atom stereocenters. The lowest BCUT2D eigenvalue weighted by atomic mass is 10.2. The summed E-state index contributed by atoms with van der Waals surface area (Å²) in [6.45, 7) is 0. The van der Waals surface area contributed by atoms with Gasteiger partial charge in [-0.05, 0) is 12.2 Å². The van der Waals surface area contributed by atoms with Crippen LogP contribution in [0, 0.1) is 0 Å². The van der Waals surface area contributed by atoms with Gasteiger partial charge in [-0.1, -0.05) is 33.7 Å². The molecule has 0 saturated carbocycles. The van der Waals surface area contributed by atoms with Gasteiger partial charge in [0.1, 0.15) is 0 Å². The Balaban J connectivity index is 0.00000180. The predicted molar refractivity (Wildman–Crippen MR) is 90.6 cm³/mol. The van der Waals surface area contributed by atoms with Gasteiger partial charge in [0.2, 0.25) is 0 Å². The van der Waals surface area contributed by atoms with Crippen LogP contribution in [0.2, 0.25) is 0 Å². The first kappa shape index (κ1) is 19.0. The van der Waals surface area contributed by atoms with Crippen LogP contribution in [0.4, 0.5) is 0 Å². The van der Waals surface area contributed by atoms with Crippen LogP contribution in [0.25, 0.3) is 11.1 Å². The van der Waals surface area contributed by atoms with E-state index in [1.807, 2.05) is 36.5 Å². The van der Waals surface area contributed by atoms with Crippen molar-refractivity contribution in [2.24, 2.45) is 0 Å². The Bertz CT molecular complexity index is 528. The predicted octanol–water partition coefficient (Wildman–Crippen LogP) is 4.24. The normalized spacial score (nSPS) is 16.2. The average molecular weight is 347 g/mol. The lowest BCUT2D eigenvalue weighted by Crippen LogP contribution is -1.97. The lowest BCUT2D eigenvalue weighted by molar-refractivity contribution is -0.00586. The van der Waals surface area contributed by atoms with Crippen LogP contribution in [0.3, 0.4) is 0 Å². The van der Waals surface area contributed by atoms with E-state index in [0.29, 0.717) is 24.3 Å². The molecule has 0 fully saturated rings. The summed E-state index contributed by atoms with van der Waals surface area (Å²) >= 11 is 0. The summed E-state index contributed by atoms with van der Waals surface area (Å²) in [4.78, 5) is 8.60. The zero-order valence-electron chi connectivity index (χ0n) is 10.3. The van der Waals surface area contributed by atoms with Crippen molar-refractivity contribution in [3.63, 3.8) is 0 Å². The molecule has 0 N–H and O–H groups in total. The minimum absolute atomic E-state index is 0. The molecule has 106 valence electrons. The van der Waals surface area contributed by atoms with Crippen molar-refractivity contribution in [3.05, 3.63) is 57.3 Å². The molecule has 0 aromatic heterocycles. The van der Waals surface area contributed by atoms with Gasteiger partial charge in [-0.3, -0.25) is 0 Å². The number of allylic oxidation sites excluding steroid dienone is 6. The molecule has 0 heterocycles. The van der Waals surface area contributed by atoms with Crippen LogP contribution in [0.5, 0.6) is 0 Å². The molecule has 0 unspecified atom stereocenters. The van der Waals surface area contributed by atoms with Crippen LogP contribution in [0.15, 0.2) is 46.3 Å². The highest BCUT2D eigenvalue weighted by atomic mass is 35.5. The van der Waals surface area contributed by atoms with E-state index in [1.165, 1.54) is 0 Å². The second kappa shape index (κ2) is 9.83. The molecule has 2 aliphatic rings. The number of hydrogen-bond acceptors (Lipinski definition) is 2. The Kier molecular flexibility index (Phi) is 9.34. The molecule has 0 bridgehead atoms. The van der Waals surface area contributed by atoms with Crippen LogP contribution >= 0.6 is 46.4 Å². The second-order valence-corrected chi connectivity index (χ2v) is 5.91. The molecule has 0 aromatic carbocycles. The number of hydrogen-bond donors (Lipinski definition) is 0. The van der Waals surface area contributed by atoms with Gasteiger partial charge in [-0.25, -0.2) is 0 Å². The van der Waals surface area contributed by atoms with Crippen molar-refractivity contribution in [2.45, 2.75) is 12.8 Å². The maximum Gasteiger partial charge on any atom is 0.295 e. The molecule has 0 saturated heterocycles. The monoisotopic (exact) mass is 346 g/mol. The Morgan fingerprint density at radius 1 is 0.750 bits per heavy atom. The van der Waals surface area contributed by atoms with E-state index in [4.69, 9.17) is 11.1 Å². The SMILES string of the molecule is Cl.Cl.[N-]=[N+]=C1C=CC(SSC2=CCC(=[N+]=[N-])C=C2)=CC1. The van der Waals surface area contributed by atoms with Gasteiger partial charge < -0.3 is 11.1 Å². The second-order valence-electron chi connectivity index (χ2n) is 3.64. The quantitative estimate of drug-likeness (QED) is 0.435. The molecule has 20 heavy (non-hydrogen) atoms. The summed E-state index contributed by atoms with van der Waals surface area (Å²) < 4.78 is 0. The van der Waals surface area contributed by atoms with E-state index in [1.54, 1.807) is 21.6 Å². The smallest absolute Gasteiger partial charge is 0.295 e. The van der Waals surface area contributed by atoms with Gasteiger partial charge in [0.05, 0.1) is 12.8 Å². The Morgan fingerprint density at radius 3 is 1.40 bits per heavy atom. The molecule has 0 aromatic rings. The van der Waals surface area contributed by atoms with E-state index in [2.05, 4.69) is 9.58 Å². The molecular weight excluding hydrogens is 335 g/mol. The molecule has 8 heteroatoms. The fourth-order valence-electron chi connectivity index (χ4n) is 1.41. The number of halogens is 2. The maximum atomic E-state index is 8.60. The average Bonchev–Trinajstić information content (AvgIpc) is 2.46. The molecule has 0 amide bonds. The summed E-state index contributed by atoms with van der Waals surface area (Å²) in [5.41, 5.74) is 18.6. The van der Waals surface area contributed by atoms with Crippen molar-refractivity contribution in [3.8, 4) is 0 Å². The van der Waals surface area contributed by atoms with Gasteiger partial charge in [0.15, 0.2) is 0 Å². The van der Waals surface area contributed by atoms with E-state index >= 15 is 0 Å². The van der Waals surface area contributed by atoms with Crippen LogP contribution < -0.4 is 0 Å². The first-order chi connectivity index (χ1) is 8.81. The minimum atomic E-state index is 0. The van der Waals surface area contributed by atoms with Crippen molar-refractivity contribution in [1.29, 1.82) is 0 Å². The van der Waals surface area contributed by atoms with Crippen molar-refractivity contribution >= 4 is 57.8 Å². The first-order valence-electron chi connectivity index (χ1n) is 5.34. The zero-order chi connectivity index (χ0) is 12.8. The third-order valence-electron chi connectivity index (χ3n) is 2.40. The van der Waals surface area contributed by atoms with Crippen LogP contribution in [-0.4, -0.2) is 21.0 Å². The third-order valence-corrected chi connectivity index (χ3v) is 4.87. The number of nitrogens with zero attached hydrogens (tertiary/aromatic N) is 4. The molecular formula is C12H12Cl2N4S2. The van der Waals surface area contributed by atoms with Crippen LogP contribution in [0.1, 0.15) is 12.8 Å². The van der Waals surface area contributed by atoms with Crippen molar-refractivity contribution in [1.82, 2.24) is 0 Å². The molecule has 0 spiro atoms. The van der Waals surface area contributed by atoms with Gasteiger partial charge in [-0.15, -0.1) is 24.8 Å². The van der Waals surface area contributed by atoms with Crippen molar-refractivity contribution in [2.75, 3.05) is 0 Å². The zero-order valence-corrected chi connectivity index (χ0v) is 13.6. The number of rotatable bonds is 3. The molecule has 2 aliphatic carbocycles. The van der Waals surface area contributed by atoms with Crippen LogP contribution in [-0.2, 0) is 0 Å². The fraction of sp³-hybridized carbons (Fsp3) is 0.167. The standard InChI is InChI=1S/C12H10N4S2.2ClH/c13-15-9-1-5-11(6-2-9)17-18-12-7-3-10(16-14)4-8-12;;/h1,3,5-8H,2,4H2;2*1H. The Hall–Kier alpha value is -1.00. The van der Waals surface area contributed by atoms with E-state index < -0.39 is 0 Å². The summed E-state index contributed by atoms with van der Waals surface area (Å²) in [5, 5.41) is 0. The summed E-state index contributed by atoms with van der Waals surface area (Å²) in [6.07, 6.45) is 12.9. The molecule has 0 radical (unpaired) electrons. The molecule has 4 nitrogen and oxygen atoms in total. The Morgan fingerprint density at radius 2 is 1.15 bits per heavy atom. The summed E-state index contributed by atoms with van der Waals surface area (Å²) in [5.74, 6) is 0. The van der Waals surface area contributed by atoms with E-state index in [-0.39, 0.29) is 24.8 Å². The summed E-state index contributed by atoms with van der Waals surface area (Å²) in [6, 6.07) is 0. The fourth-order valence-corrected chi connectivity index (χ4v) is 3.47. The van der Waals surface area contributed by atoms with Gasteiger partial charge in [0.25, 0.3) is 11.4 Å². The van der Waals surface area contributed by atoms with Gasteiger partial charge in [0, 0.05) is 22.0 Å². The van der Waals surface area contributed by atoms with E-state index in [9.17, 15) is 0 Å². The lowest BCUT2D eigenvalue weighted by Gasteiger charge is -2.06. The van der Waals surface area contributed by atoms with Gasteiger partial charge in [-0.2, -0.15) is 9.58 Å². The van der Waals surface area contributed by atoms with Crippen molar-refractivity contribution < 1.29 is 9.58 Å². The highest BCUT2D eigenvalue weighted by molar-refractivity contribution is 8.79. The van der Waals surface area contributed by atoms with Gasteiger partial charge >= 0.3 is 0 Å². The highest BCUT2D eigenvalue weighted by Crippen LogP contribution is 2.39. The largest absolute Gasteiger partial charge is 0.361 e. The summed E-state index contributed by atoms with van der Waals surface area (Å²) in [7, 11) is 3.32. The topological polar surface area (TPSA) is 72.8 Å². The minimum Gasteiger partial charge on any atom is -0.361 e. The molecule has 2 rings (SSSR count).